The minimum atomic E-state index is -0.961. The molecular weight excluding hydrogens is 264 g/mol. The number of halogens is 1. The van der Waals surface area contributed by atoms with Gasteiger partial charge in [-0.1, -0.05) is 25.4 Å². The highest BCUT2D eigenvalue weighted by molar-refractivity contribution is 6.29. The van der Waals surface area contributed by atoms with E-state index >= 15 is 0 Å². The fraction of sp³-hybridized carbons (Fsp3) is 0.571. The van der Waals surface area contributed by atoms with Gasteiger partial charge < -0.3 is 10.0 Å². The van der Waals surface area contributed by atoms with Gasteiger partial charge in [0.25, 0.3) is 0 Å². The highest BCUT2D eigenvalue weighted by Crippen LogP contribution is 2.32. The molecule has 0 amide bonds. The van der Waals surface area contributed by atoms with E-state index < -0.39 is 5.97 Å². The SMILES string of the molecule is CC1CC(C)C(C)N(c2nc(Cl)ccc2C(=O)O)C1. The Kier molecular flexibility index (Phi) is 3.99. The molecule has 0 aromatic carbocycles. The largest absolute Gasteiger partial charge is 0.478 e. The van der Waals surface area contributed by atoms with Crippen molar-refractivity contribution in [1.82, 2.24) is 4.98 Å². The van der Waals surface area contributed by atoms with Crippen LogP contribution in [0, 0.1) is 11.8 Å². The molecule has 1 aromatic heterocycles. The molecule has 0 radical (unpaired) electrons. The molecule has 0 bridgehead atoms. The highest BCUT2D eigenvalue weighted by Gasteiger charge is 2.32. The maximum atomic E-state index is 11.3. The molecule has 1 N–H and O–H groups in total. The second-order valence-corrected chi connectivity index (χ2v) is 5.91. The predicted molar refractivity (Wildman–Crippen MR) is 76.0 cm³/mol. The van der Waals surface area contributed by atoms with Crippen molar-refractivity contribution in [2.24, 2.45) is 11.8 Å². The van der Waals surface area contributed by atoms with Crippen LogP contribution in [0.5, 0.6) is 0 Å². The zero-order valence-corrected chi connectivity index (χ0v) is 12.2. The van der Waals surface area contributed by atoms with Crippen molar-refractivity contribution in [3.63, 3.8) is 0 Å². The number of carboxylic acid groups (broad SMARTS) is 1. The minimum Gasteiger partial charge on any atom is -0.478 e. The molecule has 0 spiro atoms. The summed E-state index contributed by atoms with van der Waals surface area (Å²) in [6.45, 7) is 7.31. The Morgan fingerprint density at radius 1 is 1.42 bits per heavy atom. The first-order valence-electron chi connectivity index (χ1n) is 6.56. The number of hydrogen-bond donors (Lipinski definition) is 1. The van der Waals surface area contributed by atoms with E-state index in [0.29, 0.717) is 22.8 Å². The van der Waals surface area contributed by atoms with E-state index in [0.717, 1.165) is 13.0 Å². The van der Waals surface area contributed by atoms with Crippen LogP contribution in [0.3, 0.4) is 0 Å². The number of carboxylic acids is 1. The Morgan fingerprint density at radius 2 is 2.11 bits per heavy atom. The predicted octanol–water partition coefficient (Wildman–Crippen LogP) is 3.30. The minimum absolute atomic E-state index is 0.220. The fourth-order valence-corrected chi connectivity index (χ4v) is 2.95. The average Bonchev–Trinajstić information content (AvgIpc) is 2.33. The van der Waals surface area contributed by atoms with Crippen LogP contribution in [-0.2, 0) is 0 Å². The summed E-state index contributed by atoms with van der Waals surface area (Å²) in [6.07, 6.45) is 1.15. The van der Waals surface area contributed by atoms with Gasteiger partial charge in [0.2, 0.25) is 0 Å². The summed E-state index contributed by atoms with van der Waals surface area (Å²) >= 11 is 5.93. The molecule has 104 valence electrons. The van der Waals surface area contributed by atoms with Crippen molar-refractivity contribution in [2.75, 3.05) is 11.4 Å². The Labute approximate surface area is 118 Å². The smallest absolute Gasteiger partial charge is 0.339 e. The van der Waals surface area contributed by atoms with E-state index in [1.54, 1.807) is 0 Å². The lowest BCUT2D eigenvalue weighted by molar-refractivity contribution is 0.0696. The van der Waals surface area contributed by atoms with Gasteiger partial charge in [-0.3, -0.25) is 0 Å². The van der Waals surface area contributed by atoms with Gasteiger partial charge >= 0.3 is 5.97 Å². The van der Waals surface area contributed by atoms with Crippen LogP contribution in [0.2, 0.25) is 5.15 Å². The Hall–Kier alpha value is -1.29. The molecule has 5 heteroatoms. The molecule has 1 aliphatic heterocycles. The summed E-state index contributed by atoms with van der Waals surface area (Å²) in [5.74, 6) is 0.558. The van der Waals surface area contributed by atoms with Crippen molar-refractivity contribution >= 4 is 23.4 Å². The first kappa shape index (κ1) is 14.1. The van der Waals surface area contributed by atoms with Gasteiger partial charge in [-0.15, -0.1) is 0 Å². The third kappa shape index (κ3) is 2.84. The van der Waals surface area contributed by atoms with Gasteiger partial charge in [-0.25, -0.2) is 9.78 Å². The molecule has 19 heavy (non-hydrogen) atoms. The normalized spacial score (nSPS) is 27.4. The molecule has 1 aromatic rings. The maximum absolute atomic E-state index is 11.3. The molecule has 2 rings (SSSR count). The molecule has 3 unspecified atom stereocenters. The number of aromatic carboxylic acids is 1. The number of anilines is 1. The number of piperidine rings is 1. The van der Waals surface area contributed by atoms with E-state index in [-0.39, 0.29) is 11.6 Å². The fourth-order valence-electron chi connectivity index (χ4n) is 2.81. The molecule has 1 fully saturated rings. The van der Waals surface area contributed by atoms with Gasteiger partial charge in [0.05, 0.1) is 0 Å². The summed E-state index contributed by atoms with van der Waals surface area (Å²) in [7, 11) is 0. The number of rotatable bonds is 2. The molecule has 1 saturated heterocycles. The van der Waals surface area contributed by atoms with Gasteiger partial charge in [-0.05, 0) is 37.3 Å². The van der Waals surface area contributed by atoms with E-state index in [9.17, 15) is 9.90 Å². The van der Waals surface area contributed by atoms with Gasteiger partial charge in [0, 0.05) is 12.6 Å². The molecule has 0 aliphatic carbocycles. The number of nitrogens with zero attached hydrogens (tertiary/aromatic N) is 2. The monoisotopic (exact) mass is 282 g/mol. The summed E-state index contributed by atoms with van der Waals surface area (Å²) in [4.78, 5) is 17.7. The van der Waals surface area contributed by atoms with Crippen LogP contribution in [0.15, 0.2) is 12.1 Å². The van der Waals surface area contributed by atoms with Crippen LogP contribution >= 0.6 is 11.6 Å². The standard InChI is InChI=1S/C14H19ClN2O2/c1-8-6-9(2)10(3)17(7-8)13-11(14(18)19)4-5-12(15)16-13/h4-5,8-10H,6-7H2,1-3H3,(H,18,19). The molecule has 0 saturated carbocycles. The van der Waals surface area contributed by atoms with E-state index in [1.165, 1.54) is 12.1 Å². The van der Waals surface area contributed by atoms with Crippen LogP contribution in [0.25, 0.3) is 0 Å². The maximum Gasteiger partial charge on any atom is 0.339 e. The number of pyridine rings is 1. The van der Waals surface area contributed by atoms with Gasteiger partial charge in [0.1, 0.15) is 16.5 Å². The molecular formula is C14H19ClN2O2. The summed E-state index contributed by atoms with van der Waals surface area (Å²) < 4.78 is 0. The van der Waals surface area contributed by atoms with Crippen molar-refractivity contribution < 1.29 is 9.90 Å². The third-order valence-electron chi connectivity index (χ3n) is 3.94. The zero-order chi connectivity index (χ0) is 14.2. The highest BCUT2D eigenvalue weighted by atomic mass is 35.5. The summed E-state index contributed by atoms with van der Waals surface area (Å²) in [5, 5.41) is 9.63. The topological polar surface area (TPSA) is 53.4 Å². The van der Waals surface area contributed by atoms with Gasteiger partial charge in [-0.2, -0.15) is 0 Å². The van der Waals surface area contributed by atoms with Crippen molar-refractivity contribution in [3.05, 3.63) is 22.8 Å². The summed E-state index contributed by atoms with van der Waals surface area (Å²) in [5.41, 5.74) is 0.220. The Morgan fingerprint density at radius 3 is 2.74 bits per heavy atom. The van der Waals surface area contributed by atoms with E-state index in [1.807, 2.05) is 0 Å². The van der Waals surface area contributed by atoms with Gasteiger partial charge in [0.15, 0.2) is 0 Å². The number of carbonyl (C=O) groups is 1. The lowest BCUT2D eigenvalue weighted by Gasteiger charge is -2.42. The van der Waals surface area contributed by atoms with Crippen molar-refractivity contribution in [2.45, 2.75) is 33.2 Å². The van der Waals surface area contributed by atoms with Crippen LogP contribution in [-0.4, -0.2) is 28.6 Å². The molecule has 1 aliphatic rings. The number of aromatic nitrogens is 1. The van der Waals surface area contributed by atoms with Crippen molar-refractivity contribution in [3.8, 4) is 0 Å². The van der Waals surface area contributed by atoms with Crippen LogP contribution in [0.4, 0.5) is 5.82 Å². The Balaban J connectivity index is 2.44. The first-order valence-corrected chi connectivity index (χ1v) is 6.94. The lowest BCUT2D eigenvalue weighted by Crippen LogP contribution is -2.46. The number of hydrogen-bond acceptors (Lipinski definition) is 3. The van der Waals surface area contributed by atoms with Crippen LogP contribution in [0.1, 0.15) is 37.6 Å². The molecule has 3 atom stereocenters. The first-order chi connectivity index (χ1) is 8.90. The molecule has 2 heterocycles. The van der Waals surface area contributed by atoms with Crippen molar-refractivity contribution in [1.29, 1.82) is 0 Å². The molecule has 4 nitrogen and oxygen atoms in total. The second-order valence-electron chi connectivity index (χ2n) is 5.52. The summed E-state index contributed by atoms with van der Waals surface area (Å²) in [6, 6.07) is 3.32. The lowest BCUT2D eigenvalue weighted by atomic mass is 9.86. The Bertz CT molecular complexity index is 492. The zero-order valence-electron chi connectivity index (χ0n) is 11.4. The quantitative estimate of drug-likeness (QED) is 0.846. The van der Waals surface area contributed by atoms with Crippen LogP contribution < -0.4 is 4.90 Å². The average molecular weight is 283 g/mol. The van der Waals surface area contributed by atoms with E-state index in [4.69, 9.17) is 11.6 Å². The third-order valence-corrected chi connectivity index (χ3v) is 4.15. The van der Waals surface area contributed by atoms with E-state index in [2.05, 4.69) is 30.7 Å². The second kappa shape index (κ2) is 5.37.